The second-order valence-electron chi connectivity index (χ2n) is 8.03. The van der Waals surface area contributed by atoms with Crippen LogP contribution in [-0.4, -0.2) is 0 Å². The Morgan fingerprint density at radius 2 is 1.54 bits per heavy atom. The molecule has 0 amide bonds. The van der Waals surface area contributed by atoms with Crippen molar-refractivity contribution in [1.29, 1.82) is 0 Å². The molecule has 0 unspecified atom stereocenters. The Bertz CT molecular complexity index is 831. The molecule has 148 valence electrons. The highest BCUT2D eigenvalue weighted by Gasteiger charge is 2.21. The number of halogens is 2. The predicted octanol–water partition coefficient (Wildman–Crippen LogP) is 7.39. The molecule has 28 heavy (non-hydrogen) atoms. The molecule has 3 rings (SSSR count). The van der Waals surface area contributed by atoms with Crippen LogP contribution in [0.5, 0.6) is 0 Å². The Hall–Kier alpha value is -2.14. The number of rotatable bonds is 5. The number of hydrogen-bond acceptors (Lipinski definition) is 0. The molecule has 0 radical (unpaired) electrons. The Morgan fingerprint density at radius 3 is 2.18 bits per heavy atom. The Kier molecular flexibility index (Phi) is 7.26. The predicted molar refractivity (Wildman–Crippen MR) is 112 cm³/mol. The van der Waals surface area contributed by atoms with E-state index in [1.54, 1.807) is 12.1 Å². The van der Waals surface area contributed by atoms with Gasteiger partial charge >= 0.3 is 0 Å². The monoisotopic (exact) mass is 380 g/mol. The summed E-state index contributed by atoms with van der Waals surface area (Å²) < 4.78 is 28.3. The van der Waals surface area contributed by atoms with E-state index in [-0.39, 0.29) is 5.56 Å². The highest BCUT2D eigenvalue weighted by molar-refractivity contribution is 5.45. The first-order chi connectivity index (χ1) is 13.6. The lowest BCUT2D eigenvalue weighted by Crippen LogP contribution is -2.13. The van der Waals surface area contributed by atoms with E-state index in [1.165, 1.54) is 44.1 Å². The van der Waals surface area contributed by atoms with Crippen LogP contribution in [0.15, 0.2) is 36.4 Å². The lowest BCUT2D eigenvalue weighted by molar-refractivity contribution is 0.308. The van der Waals surface area contributed by atoms with Crippen molar-refractivity contribution in [3.8, 4) is 11.8 Å². The smallest absolute Gasteiger partial charge is 0.174 e. The zero-order chi connectivity index (χ0) is 19.9. The minimum absolute atomic E-state index is 0.121. The molecule has 0 aliphatic heterocycles. The molecule has 1 fully saturated rings. The van der Waals surface area contributed by atoms with Crippen LogP contribution in [0.3, 0.4) is 0 Å². The summed E-state index contributed by atoms with van der Waals surface area (Å²) in [5, 5.41) is 0. The molecule has 2 heteroatoms. The SMILES string of the molecule is CCCc1ccc(C#Cc2ccc(C3CCC(CCC)CC3)cc2)c(F)c1F. The highest BCUT2D eigenvalue weighted by atomic mass is 19.2. The van der Waals surface area contributed by atoms with Gasteiger partial charge in [-0.05, 0) is 73.3 Å². The van der Waals surface area contributed by atoms with Crippen molar-refractivity contribution in [1.82, 2.24) is 0 Å². The van der Waals surface area contributed by atoms with Gasteiger partial charge in [0.2, 0.25) is 0 Å². The Morgan fingerprint density at radius 1 is 0.821 bits per heavy atom. The zero-order valence-corrected chi connectivity index (χ0v) is 17.0. The standard InChI is InChI=1S/C26H30F2/c1-3-5-19-7-12-21(13-8-19)22-14-9-20(10-15-22)11-16-24-18-17-23(6-4-2)25(27)26(24)28/h9-10,14-15,17-19,21H,3-8,12-13H2,1-2H3. The summed E-state index contributed by atoms with van der Waals surface area (Å²) in [5.74, 6) is 5.73. The van der Waals surface area contributed by atoms with Gasteiger partial charge in [0.1, 0.15) is 0 Å². The van der Waals surface area contributed by atoms with Gasteiger partial charge in [-0.15, -0.1) is 0 Å². The molecule has 0 saturated heterocycles. The highest BCUT2D eigenvalue weighted by Crippen LogP contribution is 2.37. The average Bonchev–Trinajstić information content (AvgIpc) is 2.72. The van der Waals surface area contributed by atoms with Crippen molar-refractivity contribution in [2.75, 3.05) is 0 Å². The van der Waals surface area contributed by atoms with Gasteiger partial charge in [0.05, 0.1) is 5.56 Å². The topological polar surface area (TPSA) is 0 Å². The molecule has 0 nitrogen and oxygen atoms in total. The second kappa shape index (κ2) is 9.87. The average molecular weight is 381 g/mol. The number of benzene rings is 2. The minimum atomic E-state index is -0.834. The van der Waals surface area contributed by atoms with Crippen molar-refractivity contribution in [2.24, 2.45) is 5.92 Å². The van der Waals surface area contributed by atoms with E-state index in [4.69, 9.17) is 0 Å². The van der Waals surface area contributed by atoms with Crippen LogP contribution in [0.2, 0.25) is 0 Å². The molecule has 0 aromatic heterocycles. The molecule has 0 atom stereocenters. The first kappa shape index (κ1) is 20.6. The fraction of sp³-hybridized carbons (Fsp3) is 0.462. The number of aryl methyl sites for hydroxylation is 1. The van der Waals surface area contributed by atoms with Crippen LogP contribution in [0, 0.1) is 29.4 Å². The van der Waals surface area contributed by atoms with Crippen molar-refractivity contribution in [3.63, 3.8) is 0 Å². The van der Waals surface area contributed by atoms with Gasteiger partial charge < -0.3 is 0 Å². The van der Waals surface area contributed by atoms with E-state index in [1.807, 2.05) is 19.1 Å². The molecule has 1 saturated carbocycles. The van der Waals surface area contributed by atoms with Gasteiger partial charge in [0.15, 0.2) is 11.6 Å². The maximum Gasteiger partial charge on any atom is 0.174 e. The van der Waals surface area contributed by atoms with E-state index >= 15 is 0 Å². The minimum Gasteiger partial charge on any atom is -0.203 e. The molecule has 0 bridgehead atoms. The molecule has 2 aromatic rings. The van der Waals surface area contributed by atoms with E-state index in [9.17, 15) is 8.78 Å². The fourth-order valence-electron chi connectivity index (χ4n) is 4.32. The molecular weight excluding hydrogens is 350 g/mol. The van der Waals surface area contributed by atoms with Gasteiger partial charge in [-0.25, -0.2) is 8.78 Å². The third-order valence-corrected chi connectivity index (χ3v) is 5.95. The van der Waals surface area contributed by atoms with Gasteiger partial charge in [-0.3, -0.25) is 0 Å². The van der Waals surface area contributed by atoms with Crippen molar-refractivity contribution >= 4 is 0 Å². The summed E-state index contributed by atoms with van der Waals surface area (Å²) in [6, 6.07) is 11.5. The van der Waals surface area contributed by atoms with E-state index in [2.05, 4.69) is 30.9 Å². The summed E-state index contributed by atoms with van der Waals surface area (Å²) >= 11 is 0. The van der Waals surface area contributed by atoms with Crippen LogP contribution >= 0.6 is 0 Å². The van der Waals surface area contributed by atoms with Gasteiger partial charge in [0.25, 0.3) is 0 Å². The molecule has 0 N–H and O–H groups in total. The summed E-state index contributed by atoms with van der Waals surface area (Å²) in [4.78, 5) is 0. The van der Waals surface area contributed by atoms with Crippen LogP contribution in [0.4, 0.5) is 8.78 Å². The summed E-state index contributed by atoms with van der Waals surface area (Å²) in [6.45, 7) is 4.22. The fourth-order valence-corrected chi connectivity index (χ4v) is 4.32. The van der Waals surface area contributed by atoms with E-state index in [0.29, 0.717) is 17.9 Å². The van der Waals surface area contributed by atoms with Crippen LogP contribution in [0.25, 0.3) is 0 Å². The van der Waals surface area contributed by atoms with Crippen LogP contribution < -0.4 is 0 Å². The van der Waals surface area contributed by atoms with Crippen molar-refractivity contribution in [3.05, 3.63) is 70.3 Å². The summed E-state index contributed by atoms with van der Waals surface area (Å²) in [5.41, 5.74) is 2.75. The maximum atomic E-state index is 14.2. The van der Waals surface area contributed by atoms with Crippen molar-refractivity contribution in [2.45, 2.75) is 71.1 Å². The molecular formula is C26H30F2. The van der Waals surface area contributed by atoms with Crippen LogP contribution in [0.1, 0.15) is 87.0 Å². The molecule has 2 aromatic carbocycles. The maximum absolute atomic E-state index is 14.2. The molecule has 0 heterocycles. The quantitative estimate of drug-likeness (QED) is 0.474. The van der Waals surface area contributed by atoms with Gasteiger partial charge in [0, 0.05) is 5.56 Å². The Balaban J connectivity index is 1.67. The molecule has 0 spiro atoms. The van der Waals surface area contributed by atoms with E-state index < -0.39 is 11.6 Å². The van der Waals surface area contributed by atoms with Gasteiger partial charge in [-0.2, -0.15) is 0 Å². The van der Waals surface area contributed by atoms with Crippen molar-refractivity contribution < 1.29 is 8.78 Å². The summed E-state index contributed by atoms with van der Waals surface area (Å²) in [6.07, 6.45) is 9.17. The Labute approximate surface area is 168 Å². The molecule has 1 aliphatic rings. The van der Waals surface area contributed by atoms with Gasteiger partial charge in [-0.1, -0.05) is 63.1 Å². The third kappa shape index (κ3) is 5.02. The first-order valence-corrected chi connectivity index (χ1v) is 10.7. The lowest BCUT2D eigenvalue weighted by atomic mass is 9.77. The third-order valence-electron chi connectivity index (χ3n) is 5.95. The zero-order valence-electron chi connectivity index (χ0n) is 17.0. The van der Waals surface area contributed by atoms with Crippen LogP contribution in [-0.2, 0) is 6.42 Å². The first-order valence-electron chi connectivity index (χ1n) is 10.7. The summed E-state index contributed by atoms with van der Waals surface area (Å²) in [7, 11) is 0. The number of hydrogen-bond donors (Lipinski definition) is 0. The second-order valence-corrected chi connectivity index (χ2v) is 8.03. The van der Waals surface area contributed by atoms with E-state index in [0.717, 1.165) is 17.9 Å². The largest absolute Gasteiger partial charge is 0.203 e. The lowest BCUT2D eigenvalue weighted by Gasteiger charge is -2.28. The normalized spacial score (nSPS) is 19.1. The molecule has 1 aliphatic carbocycles.